The van der Waals surface area contributed by atoms with Crippen LogP contribution in [0.1, 0.15) is 0 Å². The van der Waals surface area contributed by atoms with Crippen LogP contribution >= 0.6 is 31.9 Å². The maximum Gasteiger partial charge on any atom is 0.0894 e. The van der Waals surface area contributed by atoms with E-state index in [1.807, 2.05) is 24.3 Å². The van der Waals surface area contributed by atoms with Crippen molar-refractivity contribution in [2.45, 2.75) is 0 Å². The molecule has 4 heteroatoms. The minimum absolute atomic E-state index is 0.860. The van der Waals surface area contributed by atoms with Gasteiger partial charge in [-0.15, -0.1) is 0 Å². The van der Waals surface area contributed by atoms with Gasteiger partial charge in [0.1, 0.15) is 0 Å². The topological polar surface area (TPSA) is 25.8 Å². The van der Waals surface area contributed by atoms with Crippen molar-refractivity contribution < 1.29 is 0 Å². The fourth-order valence-electron chi connectivity index (χ4n) is 3.66. The molecule has 0 atom stereocenters. The molecule has 0 radical (unpaired) electrons. The number of rotatable bonds is 4. The van der Waals surface area contributed by atoms with Crippen LogP contribution < -0.4 is 0 Å². The van der Waals surface area contributed by atoms with Crippen LogP contribution in [0, 0.1) is 0 Å². The van der Waals surface area contributed by atoms with Crippen molar-refractivity contribution in [1.82, 2.24) is 9.97 Å². The Bertz CT molecular complexity index is 1350. The van der Waals surface area contributed by atoms with Crippen molar-refractivity contribution in [2.24, 2.45) is 0 Å². The lowest BCUT2D eigenvalue weighted by Crippen LogP contribution is -1.94. The highest BCUT2D eigenvalue weighted by Gasteiger charge is 2.12. The Balaban J connectivity index is 1.61. The Kier molecular flexibility index (Phi) is 5.97. The van der Waals surface area contributed by atoms with Crippen molar-refractivity contribution >= 4 is 31.9 Å². The molecule has 0 bridgehead atoms. The van der Waals surface area contributed by atoms with E-state index in [9.17, 15) is 0 Å². The molecular formula is C28H18Br2N2. The maximum atomic E-state index is 5.05. The molecule has 5 rings (SSSR count). The smallest absolute Gasteiger partial charge is 0.0894 e. The third kappa shape index (κ3) is 4.43. The first kappa shape index (κ1) is 20.8. The summed E-state index contributed by atoms with van der Waals surface area (Å²) in [7, 11) is 0. The van der Waals surface area contributed by atoms with Crippen LogP contribution in [0.25, 0.3) is 44.9 Å². The highest BCUT2D eigenvalue weighted by atomic mass is 79.9. The second-order valence-corrected chi connectivity index (χ2v) is 9.23. The van der Waals surface area contributed by atoms with Gasteiger partial charge in [-0.3, -0.25) is 4.98 Å². The zero-order valence-electron chi connectivity index (χ0n) is 17.0. The molecule has 0 N–H and O–H groups in total. The summed E-state index contributed by atoms with van der Waals surface area (Å²) in [4.78, 5) is 9.53. The highest BCUT2D eigenvalue weighted by Crippen LogP contribution is 2.34. The summed E-state index contributed by atoms with van der Waals surface area (Å²) in [5.74, 6) is 0. The SMILES string of the molecule is Brc1ccc(-c2ccc(-c3nc(-c4ccccn4)ccc3-c3ccc(Br)cc3)cc2)cc1. The van der Waals surface area contributed by atoms with Gasteiger partial charge in [-0.2, -0.15) is 0 Å². The van der Waals surface area contributed by atoms with E-state index in [-0.39, 0.29) is 0 Å². The van der Waals surface area contributed by atoms with Gasteiger partial charge in [-0.05, 0) is 65.2 Å². The zero-order valence-corrected chi connectivity index (χ0v) is 20.2. The molecule has 2 aromatic heterocycles. The van der Waals surface area contributed by atoms with Crippen LogP contribution in [0.3, 0.4) is 0 Å². The summed E-state index contributed by atoms with van der Waals surface area (Å²) in [6.45, 7) is 0. The molecule has 0 saturated carbocycles. The maximum absolute atomic E-state index is 5.05. The molecule has 0 fully saturated rings. The second kappa shape index (κ2) is 9.19. The second-order valence-electron chi connectivity index (χ2n) is 7.40. The van der Waals surface area contributed by atoms with Crippen molar-refractivity contribution in [3.63, 3.8) is 0 Å². The molecule has 0 aliphatic rings. The Morgan fingerprint density at radius 2 is 1.03 bits per heavy atom. The first-order chi connectivity index (χ1) is 15.7. The number of benzene rings is 3. The molecule has 154 valence electrons. The number of halogens is 2. The summed E-state index contributed by atoms with van der Waals surface area (Å²) in [6.07, 6.45) is 1.80. The summed E-state index contributed by atoms with van der Waals surface area (Å²) < 4.78 is 2.13. The van der Waals surface area contributed by atoms with Gasteiger partial charge in [-0.25, -0.2) is 4.98 Å². The van der Waals surface area contributed by atoms with Crippen molar-refractivity contribution in [3.8, 4) is 44.9 Å². The molecule has 5 aromatic rings. The van der Waals surface area contributed by atoms with Gasteiger partial charge < -0.3 is 0 Å². The molecule has 2 nitrogen and oxygen atoms in total. The molecular weight excluding hydrogens is 524 g/mol. The lowest BCUT2D eigenvalue weighted by Gasteiger charge is -2.13. The Morgan fingerprint density at radius 1 is 0.469 bits per heavy atom. The minimum atomic E-state index is 0.860. The van der Waals surface area contributed by atoms with Gasteiger partial charge in [0.05, 0.1) is 17.1 Å². The van der Waals surface area contributed by atoms with Gasteiger partial charge in [0.2, 0.25) is 0 Å². The van der Waals surface area contributed by atoms with E-state index in [0.717, 1.165) is 42.7 Å². The van der Waals surface area contributed by atoms with E-state index in [0.29, 0.717) is 0 Å². The Morgan fingerprint density at radius 3 is 1.62 bits per heavy atom. The normalized spacial score (nSPS) is 10.8. The van der Waals surface area contributed by atoms with E-state index in [1.54, 1.807) is 6.20 Å². The fourth-order valence-corrected chi connectivity index (χ4v) is 4.19. The van der Waals surface area contributed by atoms with Gasteiger partial charge in [-0.1, -0.05) is 86.5 Å². The van der Waals surface area contributed by atoms with Crippen LogP contribution in [0.4, 0.5) is 0 Å². The zero-order chi connectivity index (χ0) is 21.9. The number of aromatic nitrogens is 2. The van der Waals surface area contributed by atoms with E-state index < -0.39 is 0 Å². The average molecular weight is 542 g/mol. The van der Waals surface area contributed by atoms with Crippen molar-refractivity contribution in [1.29, 1.82) is 0 Å². The first-order valence-corrected chi connectivity index (χ1v) is 11.8. The number of hydrogen-bond acceptors (Lipinski definition) is 2. The summed E-state index contributed by atoms with van der Waals surface area (Å²) in [5, 5.41) is 0. The van der Waals surface area contributed by atoms with Crippen LogP contribution in [0.5, 0.6) is 0 Å². The highest BCUT2D eigenvalue weighted by molar-refractivity contribution is 9.10. The molecule has 0 saturated heterocycles. The van der Waals surface area contributed by atoms with Crippen LogP contribution in [0.15, 0.2) is 118 Å². The molecule has 0 unspecified atom stereocenters. The molecule has 32 heavy (non-hydrogen) atoms. The van der Waals surface area contributed by atoms with Crippen molar-refractivity contribution in [3.05, 3.63) is 118 Å². The van der Waals surface area contributed by atoms with Crippen LogP contribution in [-0.4, -0.2) is 9.97 Å². The number of nitrogens with zero attached hydrogens (tertiary/aromatic N) is 2. The summed E-state index contributed by atoms with van der Waals surface area (Å²) in [6, 6.07) is 35.4. The lowest BCUT2D eigenvalue weighted by molar-refractivity contribution is 1.25. The first-order valence-electron chi connectivity index (χ1n) is 10.2. The van der Waals surface area contributed by atoms with E-state index >= 15 is 0 Å². The fraction of sp³-hybridized carbons (Fsp3) is 0. The monoisotopic (exact) mass is 540 g/mol. The van der Waals surface area contributed by atoms with E-state index in [4.69, 9.17) is 4.98 Å². The van der Waals surface area contributed by atoms with Crippen LogP contribution in [0.2, 0.25) is 0 Å². The molecule has 2 heterocycles. The standard InChI is InChI=1S/C28H18Br2N2/c29-23-12-8-20(9-13-23)19-4-6-22(7-5-19)28-25(21-10-14-24(30)15-11-21)16-17-27(32-28)26-3-1-2-18-31-26/h1-18H. The van der Waals surface area contributed by atoms with Gasteiger partial charge in [0, 0.05) is 26.3 Å². The number of pyridine rings is 2. The minimum Gasteiger partial charge on any atom is -0.255 e. The van der Waals surface area contributed by atoms with Gasteiger partial charge >= 0.3 is 0 Å². The quantitative estimate of drug-likeness (QED) is 0.227. The molecule has 0 aliphatic carbocycles. The predicted molar refractivity (Wildman–Crippen MR) is 139 cm³/mol. The largest absolute Gasteiger partial charge is 0.255 e. The average Bonchev–Trinajstić information content (AvgIpc) is 2.85. The van der Waals surface area contributed by atoms with Crippen LogP contribution in [-0.2, 0) is 0 Å². The molecule has 3 aromatic carbocycles. The van der Waals surface area contributed by atoms with E-state index in [1.165, 1.54) is 11.1 Å². The predicted octanol–water partition coefficient (Wildman–Crippen LogP) is 8.67. The van der Waals surface area contributed by atoms with Gasteiger partial charge in [0.15, 0.2) is 0 Å². The Hall–Kier alpha value is -3.08. The van der Waals surface area contributed by atoms with E-state index in [2.05, 4.69) is 116 Å². The summed E-state index contributed by atoms with van der Waals surface area (Å²) >= 11 is 7.04. The third-order valence-corrected chi connectivity index (χ3v) is 6.37. The third-order valence-electron chi connectivity index (χ3n) is 5.31. The lowest BCUT2D eigenvalue weighted by atomic mass is 9.96. The molecule has 0 aliphatic heterocycles. The molecule has 0 amide bonds. The number of hydrogen-bond donors (Lipinski definition) is 0. The molecule has 0 spiro atoms. The van der Waals surface area contributed by atoms with Crippen molar-refractivity contribution in [2.75, 3.05) is 0 Å². The Labute approximate surface area is 204 Å². The summed E-state index contributed by atoms with van der Waals surface area (Å²) in [5.41, 5.74) is 8.31. The van der Waals surface area contributed by atoms with Gasteiger partial charge in [0.25, 0.3) is 0 Å².